The summed E-state index contributed by atoms with van der Waals surface area (Å²) in [5.41, 5.74) is 1.11. The zero-order valence-electron chi connectivity index (χ0n) is 15.0. The van der Waals surface area contributed by atoms with E-state index in [0.717, 1.165) is 37.0 Å². The van der Waals surface area contributed by atoms with Crippen LogP contribution >= 0.6 is 11.3 Å². The molecule has 2 N–H and O–H groups in total. The monoisotopic (exact) mass is 360 g/mol. The third-order valence-corrected chi connectivity index (χ3v) is 7.59. The molecule has 0 unspecified atom stereocenters. The van der Waals surface area contributed by atoms with Gasteiger partial charge in [0, 0.05) is 23.3 Å². The van der Waals surface area contributed by atoms with Crippen molar-refractivity contribution in [1.29, 1.82) is 0 Å². The highest BCUT2D eigenvalue weighted by Gasteiger charge is 2.54. The van der Waals surface area contributed by atoms with Gasteiger partial charge >= 0.3 is 0 Å². The van der Waals surface area contributed by atoms with Crippen molar-refractivity contribution in [3.63, 3.8) is 0 Å². The van der Waals surface area contributed by atoms with Crippen molar-refractivity contribution >= 4 is 23.2 Å². The Balaban J connectivity index is 1.23. The molecule has 1 heterocycles. The van der Waals surface area contributed by atoms with Crippen LogP contribution in [0.4, 0.5) is 0 Å². The SMILES string of the molecule is Cc1ccsc1CNC(=O)CCNC(=O)C12CC3CC(CC(C3)C1)C2. The Morgan fingerprint density at radius 2 is 1.76 bits per heavy atom. The normalized spacial score (nSPS) is 32.6. The van der Waals surface area contributed by atoms with Gasteiger partial charge in [0.25, 0.3) is 0 Å². The Morgan fingerprint density at radius 3 is 2.32 bits per heavy atom. The van der Waals surface area contributed by atoms with Crippen LogP contribution < -0.4 is 10.6 Å². The van der Waals surface area contributed by atoms with Gasteiger partial charge in [0.1, 0.15) is 0 Å². The van der Waals surface area contributed by atoms with Crippen LogP contribution in [-0.2, 0) is 16.1 Å². The number of nitrogens with one attached hydrogen (secondary N) is 2. The number of amides is 2. The number of hydrogen-bond acceptors (Lipinski definition) is 3. The van der Waals surface area contributed by atoms with Gasteiger partial charge in [-0.25, -0.2) is 0 Å². The molecule has 0 atom stereocenters. The Labute approximate surface area is 153 Å². The van der Waals surface area contributed by atoms with Crippen LogP contribution in [0.25, 0.3) is 0 Å². The Bertz CT molecular complexity index is 631. The highest BCUT2D eigenvalue weighted by atomic mass is 32.1. The molecular formula is C20H28N2O2S. The fourth-order valence-electron chi connectivity index (χ4n) is 5.72. The first kappa shape index (κ1) is 17.1. The predicted octanol–water partition coefficient (Wildman–Crippen LogP) is 3.40. The highest BCUT2D eigenvalue weighted by molar-refractivity contribution is 7.10. The summed E-state index contributed by atoms with van der Waals surface area (Å²) in [4.78, 5) is 26.0. The van der Waals surface area contributed by atoms with Gasteiger partial charge < -0.3 is 10.6 Å². The smallest absolute Gasteiger partial charge is 0.226 e. The lowest BCUT2D eigenvalue weighted by Gasteiger charge is -2.55. The van der Waals surface area contributed by atoms with E-state index in [9.17, 15) is 9.59 Å². The van der Waals surface area contributed by atoms with Crippen molar-refractivity contribution < 1.29 is 9.59 Å². The molecule has 1 aromatic heterocycles. The van der Waals surface area contributed by atoms with Crippen LogP contribution in [0.3, 0.4) is 0 Å². The maximum Gasteiger partial charge on any atom is 0.226 e. The zero-order valence-corrected chi connectivity index (χ0v) is 15.8. The van der Waals surface area contributed by atoms with Crippen molar-refractivity contribution in [1.82, 2.24) is 10.6 Å². The predicted molar refractivity (Wildman–Crippen MR) is 99.1 cm³/mol. The first-order chi connectivity index (χ1) is 12.0. The average molecular weight is 361 g/mol. The van der Waals surface area contributed by atoms with Gasteiger partial charge in [-0.1, -0.05) is 0 Å². The van der Waals surface area contributed by atoms with E-state index < -0.39 is 0 Å². The van der Waals surface area contributed by atoms with E-state index in [1.54, 1.807) is 11.3 Å². The molecule has 0 aliphatic heterocycles. The van der Waals surface area contributed by atoms with Gasteiger partial charge in [-0.2, -0.15) is 0 Å². The Kier molecular flexibility index (Phi) is 4.61. The summed E-state index contributed by atoms with van der Waals surface area (Å²) in [5.74, 6) is 2.55. The van der Waals surface area contributed by atoms with E-state index in [2.05, 4.69) is 23.6 Å². The van der Waals surface area contributed by atoms with Gasteiger partial charge in [0.15, 0.2) is 0 Å². The second-order valence-electron chi connectivity index (χ2n) is 8.51. The second kappa shape index (κ2) is 6.75. The molecule has 1 aromatic rings. The minimum atomic E-state index is -0.112. The molecule has 4 aliphatic rings. The molecule has 5 rings (SSSR count). The first-order valence-electron chi connectivity index (χ1n) is 9.62. The topological polar surface area (TPSA) is 58.2 Å². The number of thiophene rings is 1. The molecule has 0 spiro atoms. The van der Waals surface area contributed by atoms with E-state index in [1.165, 1.54) is 29.7 Å². The van der Waals surface area contributed by atoms with E-state index in [4.69, 9.17) is 0 Å². The highest BCUT2D eigenvalue weighted by Crippen LogP contribution is 2.60. The summed E-state index contributed by atoms with van der Waals surface area (Å²) in [6.45, 7) is 3.10. The standard InChI is InChI=1S/C20H28N2O2S/c1-13-3-5-25-17(13)12-22-18(23)2-4-21-19(24)20-9-14-6-15(10-20)8-16(7-14)11-20/h3,5,14-16H,2,4,6-12H2,1H3,(H,21,24)(H,22,23). The molecule has 2 amide bonds. The molecule has 136 valence electrons. The summed E-state index contributed by atoms with van der Waals surface area (Å²) >= 11 is 1.67. The molecule has 0 saturated heterocycles. The van der Waals surface area contributed by atoms with Gasteiger partial charge in [0.2, 0.25) is 11.8 Å². The maximum atomic E-state index is 12.8. The number of aryl methyl sites for hydroxylation is 1. The van der Waals surface area contributed by atoms with Crippen LogP contribution in [0.1, 0.15) is 55.4 Å². The maximum absolute atomic E-state index is 12.8. The fourth-order valence-corrected chi connectivity index (χ4v) is 6.56. The van der Waals surface area contributed by atoms with Crippen LogP contribution in [0.2, 0.25) is 0 Å². The quantitative estimate of drug-likeness (QED) is 0.817. The molecule has 4 bridgehead atoms. The average Bonchev–Trinajstić information content (AvgIpc) is 2.96. The fraction of sp³-hybridized carbons (Fsp3) is 0.700. The van der Waals surface area contributed by atoms with E-state index >= 15 is 0 Å². The lowest BCUT2D eigenvalue weighted by molar-refractivity contribution is -0.146. The lowest BCUT2D eigenvalue weighted by Crippen LogP contribution is -2.53. The summed E-state index contributed by atoms with van der Waals surface area (Å²) in [7, 11) is 0. The van der Waals surface area contributed by atoms with E-state index in [1.807, 2.05) is 5.38 Å². The zero-order chi connectivity index (χ0) is 17.4. The number of carbonyl (C=O) groups excluding carboxylic acids is 2. The molecule has 0 aromatic carbocycles. The van der Waals surface area contributed by atoms with Crippen LogP contribution in [0.5, 0.6) is 0 Å². The number of rotatable bonds is 6. The summed E-state index contributed by atoms with van der Waals surface area (Å²) in [6, 6.07) is 2.07. The second-order valence-corrected chi connectivity index (χ2v) is 9.51. The third kappa shape index (κ3) is 3.48. The summed E-state index contributed by atoms with van der Waals surface area (Å²) < 4.78 is 0. The lowest BCUT2D eigenvalue weighted by atomic mass is 9.49. The first-order valence-corrected chi connectivity index (χ1v) is 10.5. The minimum absolute atomic E-state index is 0.0126. The van der Waals surface area contributed by atoms with E-state index in [-0.39, 0.29) is 17.2 Å². The van der Waals surface area contributed by atoms with E-state index in [0.29, 0.717) is 19.5 Å². The van der Waals surface area contributed by atoms with Gasteiger partial charge in [-0.3, -0.25) is 9.59 Å². The molecule has 4 saturated carbocycles. The van der Waals surface area contributed by atoms with Crippen molar-refractivity contribution in [3.8, 4) is 0 Å². The number of carbonyl (C=O) groups is 2. The Hall–Kier alpha value is -1.36. The van der Waals surface area contributed by atoms with Crippen molar-refractivity contribution in [3.05, 3.63) is 21.9 Å². The van der Waals surface area contributed by atoms with Crippen molar-refractivity contribution in [2.24, 2.45) is 23.2 Å². The molecule has 4 nitrogen and oxygen atoms in total. The summed E-state index contributed by atoms with van der Waals surface area (Å²) in [5, 5.41) is 8.08. The molecule has 25 heavy (non-hydrogen) atoms. The number of hydrogen-bond donors (Lipinski definition) is 2. The molecule has 0 radical (unpaired) electrons. The molecule has 4 aliphatic carbocycles. The van der Waals surface area contributed by atoms with Crippen molar-refractivity contribution in [2.75, 3.05) is 6.54 Å². The van der Waals surface area contributed by atoms with Crippen LogP contribution in [0.15, 0.2) is 11.4 Å². The third-order valence-electron chi connectivity index (χ3n) is 6.57. The minimum Gasteiger partial charge on any atom is -0.355 e. The van der Waals surface area contributed by atoms with Crippen LogP contribution in [-0.4, -0.2) is 18.4 Å². The van der Waals surface area contributed by atoms with Gasteiger partial charge in [-0.05, 0) is 80.2 Å². The molecule has 5 heteroatoms. The summed E-state index contributed by atoms with van der Waals surface area (Å²) in [6.07, 6.45) is 7.63. The van der Waals surface area contributed by atoms with Gasteiger partial charge in [-0.15, -0.1) is 11.3 Å². The molecular weight excluding hydrogens is 332 g/mol. The van der Waals surface area contributed by atoms with Crippen molar-refractivity contribution in [2.45, 2.75) is 58.4 Å². The van der Waals surface area contributed by atoms with Crippen LogP contribution in [0, 0.1) is 30.1 Å². The molecule has 4 fully saturated rings. The Morgan fingerprint density at radius 1 is 1.12 bits per heavy atom. The largest absolute Gasteiger partial charge is 0.355 e. The van der Waals surface area contributed by atoms with Gasteiger partial charge in [0.05, 0.1) is 6.54 Å².